The predicted molar refractivity (Wildman–Crippen MR) is 71.6 cm³/mol. The fraction of sp³-hybridized carbons (Fsp3) is 0.467. The lowest BCUT2D eigenvalue weighted by atomic mass is 10.0. The lowest BCUT2D eigenvalue weighted by molar-refractivity contribution is 0.499. The van der Waals surface area contributed by atoms with Gasteiger partial charge in [0.05, 0.1) is 0 Å². The molecule has 0 bridgehead atoms. The van der Waals surface area contributed by atoms with Crippen molar-refractivity contribution in [2.45, 2.75) is 39.2 Å². The molecule has 0 heterocycles. The Hall–Kier alpha value is -1.15. The zero-order chi connectivity index (χ0) is 12.7. The molecular weight excluding hydrogens is 213 g/mol. The van der Waals surface area contributed by atoms with Crippen LogP contribution in [0.3, 0.4) is 0 Å². The lowest BCUT2D eigenvalue weighted by Gasteiger charge is -2.18. The average molecular weight is 235 g/mol. The second-order valence-corrected chi connectivity index (χ2v) is 4.38. The van der Waals surface area contributed by atoms with E-state index in [0.29, 0.717) is 5.56 Å². The number of rotatable bonds is 7. The third-order valence-electron chi connectivity index (χ3n) is 2.90. The summed E-state index contributed by atoms with van der Waals surface area (Å²) in [5.41, 5.74) is 1.73. The second kappa shape index (κ2) is 7.23. The molecule has 0 fully saturated rings. The maximum atomic E-state index is 13.5. The van der Waals surface area contributed by atoms with E-state index in [2.05, 4.69) is 18.8 Å². The van der Waals surface area contributed by atoms with Crippen LogP contribution in [0, 0.1) is 12.7 Å². The number of nitrogens with one attached hydrogen (secondary N) is 1. The van der Waals surface area contributed by atoms with E-state index in [1.165, 1.54) is 0 Å². The van der Waals surface area contributed by atoms with Crippen LogP contribution in [0.1, 0.15) is 43.4 Å². The summed E-state index contributed by atoms with van der Waals surface area (Å²) in [7, 11) is 0. The quantitative estimate of drug-likeness (QED) is 0.700. The van der Waals surface area contributed by atoms with Gasteiger partial charge in [-0.05, 0) is 49.9 Å². The van der Waals surface area contributed by atoms with Gasteiger partial charge in [0, 0.05) is 6.04 Å². The molecule has 1 nitrogen and oxygen atoms in total. The smallest absolute Gasteiger partial charge is 0.126 e. The van der Waals surface area contributed by atoms with Crippen LogP contribution in [0.2, 0.25) is 0 Å². The van der Waals surface area contributed by atoms with Crippen molar-refractivity contribution in [3.05, 3.63) is 47.8 Å². The maximum Gasteiger partial charge on any atom is 0.126 e. The monoisotopic (exact) mass is 235 g/mol. The lowest BCUT2D eigenvalue weighted by Crippen LogP contribution is -2.22. The molecule has 0 aliphatic rings. The van der Waals surface area contributed by atoms with E-state index >= 15 is 0 Å². The molecular formula is C15H22FN. The minimum absolute atomic E-state index is 0.121. The number of allylic oxidation sites excluding steroid dienone is 1. The Labute approximate surface area is 104 Å². The number of hydrogen-bond donors (Lipinski definition) is 1. The largest absolute Gasteiger partial charge is 0.310 e. The van der Waals surface area contributed by atoms with E-state index < -0.39 is 0 Å². The highest BCUT2D eigenvalue weighted by atomic mass is 19.1. The van der Waals surface area contributed by atoms with Crippen molar-refractivity contribution >= 4 is 0 Å². The Morgan fingerprint density at radius 3 is 2.82 bits per heavy atom. The first-order chi connectivity index (χ1) is 8.19. The summed E-state index contributed by atoms with van der Waals surface area (Å²) in [6.45, 7) is 8.61. The fourth-order valence-electron chi connectivity index (χ4n) is 1.82. The molecule has 0 spiro atoms. The molecule has 1 rings (SSSR count). The van der Waals surface area contributed by atoms with Crippen molar-refractivity contribution < 1.29 is 4.39 Å². The molecule has 0 saturated carbocycles. The highest BCUT2D eigenvalue weighted by Gasteiger charge is 2.11. The molecule has 0 radical (unpaired) electrons. The molecule has 0 amide bonds. The SMILES string of the molecule is C=CCCC(NCCC)c1ccc(C)c(F)c1. The zero-order valence-electron chi connectivity index (χ0n) is 10.8. The molecule has 1 N–H and O–H groups in total. The highest BCUT2D eigenvalue weighted by Crippen LogP contribution is 2.21. The summed E-state index contributed by atoms with van der Waals surface area (Å²) >= 11 is 0. The highest BCUT2D eigenvalue weighted by molar-refractivity contribution is 5.25. The summed E-state index contributed by atoms with van der Waals surface area (Å²) in [5.74, 6) is -0.121. The van der Waals surface area contributed by atoms with Gasteiger partial charge in [-0.1, -0.05) is 25.1 Å². The number of aryl methyl sites for hydroxylation is 1. The van der Waals surface area contributed by atoms with Crippen LogP contribution in [0.5, 0.6) is 0 Å². The standard InChI is InChI=1S/C15H22FN/c1-4-6-7-15(17-10-5-2)13-9-8-12(3)14(16)11-13/h4,8-9,11,15,17H,1,5-7,10H2,2-3H3. The van der Waals surface area contributed by atoms with Crippen LogP contribution in [0.25, 0.3) is 0 Å². The number of halogens is 1. The first-order valence-corrected chi connectivity index (χ1v) is 6.29. The van der Waals surface area contributed by atoms with Gasteiger partial charge in [0.1, 0.15) is 5.82 Å². The third-order valence-corrected chi connectivity index (χ3v) is 2.90. The molecule has 0 aliphatic carbocycles. The zero-order valence-corrected chi connectivity index (χ0v) is 10.8. The molecule has 1 atom stereocenters. The Balaban J connectivity index is 2.78. The summed E-state index contributed by atoms with van der Waals surface area (Å²) in [6.07, 6.45) is 4.90. The topological polar surface area (TPSA) is 12.0 Å². The Kier molecular flexibility index (Phi) is 5.92. The van der Waals surface area contributed by atoms with E-state index in [4.69, 9.17) is 0 Å². The summed E-state index contributed by atoms with van der Waals surface area (Å²) in [6, 6.07) is 5.72. The Morgan fingerprint density at radius 2 is 2.24 bits per heavy atom. The Morgan fingerprint density at radius 1 is 1.47 bits per heavy atom. The van der Waals surface area contributed by atoms with Gasteiger partial charge in [-0.15, -0.1) is 6.58 Å². The maximum absolute atomic E-state index is 13.5. The van der Waals surface area contributed by atoms with Crippen LogP contribution in [0.15, 0.2) is 30.9 Å². The van der Waals surface area contributed by atoms with Gasteiger partial charge < -0.3 is 5.32 Å². The van der Waals surface area contributed by atoms with Crippen molar-refractivity contribution in [3.63, 3.8) is 0 Å². The molecule has 94 valence electrons. The van der Waals surface area contributed by atoms with Crippen LogP contribution < -0.4 is 5.32 Å². The fourth-order valence-corrected chi connectivity index (χ4v) is 1.82. The molecule has 1 unspecified atom stereocenters. The molecule has 0 saturated heterocycles. The second-order valence-electron chi connectivity index (χ2n) is 4.38. The predicted octanol–water partition coefficient (Wildman–Crippen LogP) is 4.14. The van der Waals surface area contributed by atoms with E-state index in [1.54, 1.807) is 13.0 Å². The number of hydrogen-bond acceptors (Lipinski definition) is 1. The van der Waals surface area contributed by atoms with Gasteiger partial charge >= 0.3 is 0 Å². The molecule has 2 heteroatoms. The van der Waals surface area contributed by atoms with Gasteiger partial charge in [-0.3, -0.25) is 0 Å². The average Bonchev–Trinajstić information content (AvgIpc) is 2.33. The van der Waals surface area contributed by atoms with Gasteiger partial charge in [0.25, 0.3) is 0 Å². The van der Waals surface area contributed by atoms with E-state index in [0.717, 1.165) is 31.4 Å². The third kappa shape index (κ3) is 4.31. The van der Waals surface area contributed by atoms with Gasteiger partial charge in [0.15, 0.2) is 0 Å². The summed E-state index contributed by atoms with van der Waals surface area (Å²) in [4.78, 5) is 0. The van der Waals surface area contributed by atoms with Crippen molar-refractivity contribution in [1.29, 1.82) is 0 Å². The summed E-state index contributed by atoms with van der Waals surface area (Å²) < 4.78 is 13.5. The van der Waals surface area contributed by atoms with Crippen LogP contribution in [-0.4, -0.2) is 6.54 Å². The van der Waals surface area contributed by atoms with Crippen LogP contribution >= 0.6 is 0 Å². The van der Waals surface area contributed by atoms with E-state index in [1.807, 2.05) is 18.2 Å². The normalized spacial score (nSPS) is 12.4. The van der Waals surface area contributed by atoms with Crippen molar-refractivity contribution in [2.24, 2.45) is 0 Å². The minimum Gasteiger partial charge on any atom is -0.310 e. The van der Waals surface area contributed by atoms with Crippen molar-refractivity contribution in [1.82, 2.24) is 5.32 Å². The van der Waals surface area contributed by atoms with Crippen molar-refractivity contribution in [3.8, 4) is 0 Å². The number of benzene rings is 1. The van der Waals surface area contributed by atoms with Gasteiger partial charge in [0.2, 0.25) is 0 Å². The van der Waals surface area contributed by atoms with E-state index in [-0.39, 0.29) is 11.9 Å². The minimum atomic E-state index is -0.121. The van der Waals surface area contributed by atoms with Crippen molar-refractivity contribution in [2.75, 3.05) is 6.54 Å². The Bertz CT molecular complexity index is 360. The van der Waals surface area contributed by atoms with Crippen LogP contribution in [0.4, 0.5) is 4.39 Å². The first-order valence-electron chi connectivity index (χ1n) is 6.29. The molecule has 1 aromatic carbocycles. The van der Waals surface area contributed by atoms with Gasteiger partial charge in [-0.25, -0.2) is 4.39 Å². The van der Waals surface area contributed by atoms with E-state index in [9.17, 15) is 4.39 Å². The first kappa shape index (κ1) is 13.9. The van der Waals surface area contributed by atoms with Crippen LogP contribution in [-0.2, 0) is 0 Å². The summed E-state index contributed by atoms with van der Waals surface area (Å²) in [5, 5.41) is 3.45. The molecule has 1 aromatic rings. The molecule has 17 heavy (non-hydrogen) atoms. The molecule has 0 aliphatic heterocycles. The van der Waals surface area contributed by atoms with Gasteiger partial charge in [-0.2, -0.15) is 0 Å². The molecule has 0 aromatic heterocycles.